The van der Waals surface area contributed by atoms with E-state index in [1.165, 1.54) is 24.4 Å². The minimum Gasteiger partial charge on any atom is -0.494 e. The summed E-state index contributed by atoms with van der Waals surface area (Å²) in [4.78, 5) is 41.3. The Morgan fingerprint density at radius 1 is 1.29 bits per heavy atom. The topological polar surface area (TPSA) is 115 Å². The van der Waals surface area contributed by atoms with Crippen LogP contribution in [0.4, 0.5) is 27.4 Å². The number of hydrogen-bond donors (Lipinski definition) is 3. The van der Waals surface area contributed by atoms with Gasteiger partial charge in [0.15, 0.2) is 0 Å². The first-order valence-corrected chi connectivity index (χ1v) is 13.2. The van der Waals surface area contributed by atoms with Crippen LogP contribution in [-0.2, 0) is 4.79 Å². The second-order valence-corrected chi connectivity index (χ2v) is 10.1. The molecule has 10 nitrogen and oxygen atoms in total. The van der Waals surface area contributed by atoms with E-state index in [1.54, 1.807) is 32.2 Å². The summed E-state index contributed by atoms with van der Waals surface area (Å²) in [5.41, 5.74) is 3.59. The number of halogens is 1. The van der Waals surface area contributed by atoms with Crippen molar-refractivity contribution in [3.8, 4) is 16.9 Å². The molecular weight excluding hydrogens is 525 g/mol. The lowest BCUT2D eigenvalue weighted by Crippen LogP contribution is -2.34. The molecule has 4 aromatic rings. The number of H-pyrrole nitrogens is 1. The molecule has 0 bridgehead atoms. The summed E-state index contributed by atoms with van der Waals surface area (Å²) >= 11 is 0. The summed E-state index contributed by atoms with van der Waals surface area (Å²) in [6.07, 6.45) is 3.63. The number of likely N-dealkylation sites (N-methyl/N-ethyl adjacent to an activating group) is 2. The van der Waals surface area contributed by atoms with E-state index in [0.717, 1.165) is 25.2 Å². The second-order valence-electron chi connectivity index (χ2n) is 10.1. The fourth-order valence-electron chi connectivity index (χ4n) is 5.23. The maximum atomic E-state index is 14.1. The van der Waals surface area contributed by atoms with Gasteiger partial charge in [-0.2, -0.15) is 0 Å². The highest BCUT2D eigenvalue weighted by Gasteiger charge is 2.26. The molecule has 1 aliphatic rings. The second kappa shape index (κ2) is 11.4. The van der Waals surface area contributed by atoms with E-state index in [1.807, 2.05) is 13.1 Å². The van der Waals surface area contributed by atoms with Gasteiger partial charge in [-0.1, -0.05) is 18.7 Å². The quantitative estimate of drug-likeness (QED) is 0.272. The average molecular weight is 558 g/mol. The van der Waals surface area contributed by atoms with Crippen LogP contribution in [0.3, 0.4) is 0 Å². The van der Waals surface area contributed by atoms with Crippen molar-refractivity contribution in [2.45, 2.75) is 19.4 Å². The number of rotatable bonds is 8. The summed E-state index contributed by atoms with van der Waals surface area (Å²) in [6, 6.07) is 9.98. The van der Waals surface area contributed by atoms with Crippen LogP contribution < -0.4 is 25.8 Å². The Morgan fingerprint density at radius 3 is 2.78 bits per heavy atom. The summed E-state index contributed by atoms with van der Waals surface area (Å²) in [7, 11) is 5.64. The van der Waals surface area contributed by atoms with Gasteiger partial charge >= 0.3 is 0 Å². The first-order valence-electron chi connectivity index (χ1n) is 13.2. The van der Waals surface area contributed by atoms with Gasteiger partial charge in [0, 0.05) is 43.2 Å². The lowest BCUT2D eigenvalue weighted by Gasteiger charge is -2.29. The Labute approximate surface area is 236 Å². The number of nitrogens with zero attached hydrogens (tertiary/aromatic N) is 4. The maximum Gasteiger partial charge on any atom is 0.259 e. The maximum absolute atomic E-state index is 14.1. The molecule has 2 aromatic heterocycles. The molecule has 1 fully saturated rings. The minimum absolute atomic E-state index is 0.193. The summed E-state index contributed by atoms with van der Waals surface area (Å²) in [6.45, 7) is 7.20. The highest BCUT2D eigenvalue weighted by molar-refractivity contribution is 6.02. The van der Waals surface area contributed by atoms with Gasteiger partial charge in [-0.05, 0) is 56.8 Å². The third-order valence-corrected chi connectivity index (χ3v) is 7.36. The number of amides is 1. The number of carbonyl (C=O) groups is 1. The molecule has 1 saturated heterocycles. The van der Waals surface area contributed by atoms with Crippen LogP contribution in [0, 0.1) is 12.7 Å². The Morgan fingerprint density at radius 2 is 2.10 bits per heavy atom. The average Bonchev–Trinajstić information content (AvgIpc) is 3.39. The van der Waals surface area contributed by atoms with Crippen LogP contribution >= 0.6 is 0 Å². The van der Waals surface area contributed by atoms with Crippen molar-refractivity contribution in [2.24, 2.45) is 0 Å². The van der Waals surface area contributed by atoms with Gasteiger partial charge in [0.1, 0.15) is 11.6 Å². The SMILES string of the molecule is C=CC(=O)Nc1cc(Nc2ncc3c(=O)[nH]c(C)c(-c4cccc(F)c4)c3n2)c(OC)cc1N(C)C1CCN(C)C1. The number of hydrogen-bond acceptors (Lipinski definition) is 8. The predicted molar refractivity (Wildman–Crippen MR) is 160 cm³/mol. The lowest BCUT2D eigenvalue weighted by atomic mass is 10.0. The molecule has 11 heteroatoms. The largest absolute Gasteiger partial charge is 0.494 e. The van der Waals surface area contributed by atoms with Gasteiger partial charge in [0.25, 0.3) is 5.56 Å². The number of ether oxygens (including phenoxy) is 1. The normalized spacial score (nSPS) is 15.1. The molecule has 3 N–H and O–H groups in total. The molecule has 212 valence electrons. The van der Waals surface area contributed by atoms with Crippen molar-refractivity contribution in [3.63, 3.8) is 0 Å². The van der Waals surface area contributed by atoms with Crippen LogP contribution in [-0.4, -0.2) is 66.1 Å². The molecule has 0 aliphatic carbocycles. The molecular formula is C30H32FN7O3. The molecule has 3 heterocycles. The fourth-order valence-corrected chi connectivity index (χ4v) is 5.23. The molecule has 0 saturated carbocycles. The Balaban J connectivity index is 1.60. The molecule has 1 amide bonds. The minimum atomic E-state index is -0.401. The van der Waals surface area contributed by atoms with E-state index in [4.69, 9.17) is 4.74 Å². The predicted octanol–water partition coefficient (Wildman–Crippen LogP) is 4.45. The van der Waals surface area contributed by atoms with Crippen molar-refractivity contribution in [2.75, 3.05) is 49.8 Å². The number of likely N-dealkylation sites (tertiary alicyclic amines) is 1. The smallest absolute Gasteiger partial charge is 0.259 e. The molecule has 1 aliphatic heterocycles. The van der Waals surface area contributed by atoms with Crippen LogP contribution in [0.15, 0.2) is 60.0 Å². The van der Waals surface area contributed by atoms with Gasteiger partial charge in [-0.15, -0.1) is 0 Å². The first kappa shape index (κ1) is 27.8. The number of benzene rings is 2. The van der Waals surface area contributed by atoms with Crippen molar-refractivity contribution in [3.05, 3.63) is 77.1 Å². The Hall–Kier alpha value is -4.77. The van der Waals surface area contributed by atoms with Crippen molar-refractivity contribution in [1.82, 2.24) is 19.9 Å². The summed E-state index contributed by atoms with van der Waals surface area (Å²) in [5, 5.41) is 6.35. The molecule has 1 atom stereocenters. The van der Waals surface area contributed by atoms with Gasteiger partial charge in [-0.3, -0.25) is 9.59 Å². The third kappa shape index (κ3) is 5.62. The summed E-state index contributed by atoms with van der Waals surface area (Å²) < 4.78 is 19.8. The highest BCUT2D eigenvalue weighted by atomic mass is 19.1. The van der Waals surface area contributed by atoms with Crippen LogP contribution in [0.25, 0.3) is 22.0 Å². The number of aryl methyl sites for hydroxylation is 1. The molecule has 41 heavy (non-hydrogen) atoms. The van der Waals surface area contributed by atoms with Crippen molar-refractivity contribution < 1.29 is 13.9 Å². The number of fused-ring (bicyclic) bond motifs is 1. The lowest BCUT2D eigenvalue weighted by molar-refractivity contribution is -0.111. The van der Waals surface area contributed by atoms with Gasteiger partial charge in [-0.25, -0.2) is 14.4 Å². The van der Waals surface area contributed by atoms with Crippen molar-refractivity contribution in [1.29, 1.82) is 0 Å². The van der Waals surface area contributed by atoms with E-state index in [0.29, 0.717) is 39.5 Å². The number of carbonyl (C=O) groups excluding carboxylic acids is 1. The van der Waals surface area contributed by atoms with E-state index in [2.05, 4.69) is 49.0 Å². The number of pyridine rings is 1. The molecule has 2 aromatic carbocycles. The van der Waals surface area contributed by atoms with E-state index in [9.17, 15) is 14.0 Å². The number of aromatic nitrogens is 3. The van der Waals surface area contributed by atoms with Crippen LogP contribution in [0.2, 0.25) is 0 Å². The summed E-state index contributed by atoms with van der Waals surface area (Å²) in [5.74, 6) is -0.0542. The van der Waals surface area contributed by atoms with Gasteiger partial charge in [0.05, 0.1) is 35.1 Å². The van der Waals surface area contributed by atoms with Crippen LogP contribution in [0.5, 0.6) is 5.75 Å². The number of anilines is 4. The fraction of sp³-hybridized carbons (Fsp3) is 0.267. The van der Waals surface area contributed by atoms with Gasteiger partial charge in [0.2, 0.25) is 11.9 Å². The third-order valence-electron chi connectivity index (χ3n) is 7.36. The standard InChI is InChI=1S/C30H32FN7O3/c1-6-26(39)34-22-13-23(25(41-5)14-24(22)38(4)20-10-11-37(3)16-20)35-30-32-15-21-28(36-30)27(17(2)33-29(21)40)18-8-7-9-19(31)12-18/h6-9,12-15,20H,1,10-11,16H2,2-5H3,(H,33,40)(H,34,39)(H,32,35,36). The van der Waals surface area contributed by atoms with Gasteiger partial charge < -0.3 is 30.2 Å². The molecule has 0 spiro atoms. The Kier molecular flexibility index (Phi) is 7.71. The van der Waals surface area contributed by atoms with E-state index >= 15 is 0 Å². The van der Waals surface area contributed by atoms with E-state index in [-0.39, 0.29) is 28.8 Å². The zero-order valence-corrected chi connectivity index (χ0v) is 23.4. The zero-order valence-electron chi connectivity index (χ0n) is 23.4. The number of methoxy groups -OCH3 is 1. The number of aromatic amines is 1. The zero-order chi connectivity index (χ0) is 29.3. The Bertz CT molecular complexity index is 1700. The highest BCUT2D eigenvalue weighted by Crippen LogP contribution is 2.39. The van der Waals surface area contributed by atoms with Crippen LogP contribution in [0.1, 0.15) is 12.1 Å². The molecule has 0 radical (unpaired) electrons. The molecule has 1 unspecified atom stereocenters. The molecule has 5 rings (SSSR count). The van der Waals surface area contributed by atoms with E-state index < -0.39 is 5.82 Å². The number of nitrogens with one attached hydrogen (secondary N) is 3. The monoisotopic (exact) mass is 557 g/mol. The first-order chi connectivity index (χ1) is 19.7. The van der Waals surface area contributed by atoms with Crippen molar-refractivity contribution >= 4 is 39.8 Å².